The molecule has 0 aliphatic carbocycles. The Kier molecular flexibility index (Phi) is 4.61. The minimum Gasteiger partial charge on any atom is -0.481 e. The molecule has 4 rings (SSSR count). The molecule has 144 valence electrons. The fourth-order valence-electron chi connectivity index (χ4n) is 3.46. The van der Waals surface area contributed by atoms with E-state index in [0.29, 0.717) is 22.8 Å². The Bertz CT molecular complexity index is 1290. The first-order valence-electron chi connectivity index (χ1n) is 9.13. The number of nitriles is 1. The van der Waals surface area contributed by atoms with Gasteiger partial charge in [-0.15, -0.1) is 0 Å². The molecular weight excluding hydrogens is 364 g/mol. The number of hydrogen-bond acceptors (Lipinski definition) is 5. The molecule has 4 heterocycles. The number of aromatic nitrogens is 5. The molecule has 4 aromatic rings. The van der Waals surface area contributed by atoms with Crippen molar-refractivity contribution in [1.29, 1.82) is 5.26 Å². The molecule has 0 aliphatic heterocycles. The summed E-state index contributed by atoms with van der Waals surface area (Å²) in [4.78, 5) is 16.1. The van der Waals surface area contributed by atoms with Crippen LogP contribution in [0.5, 0.6) is 5.88 Å². The largest absolute Gasteiger partial charge is 0.481 e. The molecular formula is C22H20N6O. The van der Waals surface area contributed by atoms with Crippen LogP contribution in [0.4, 0.5) is 0 Å². The van der Waals surface area contributed by atoms with Crippen LogP contribution in [-0.4, -0.2) is 31.6 Å². The van der Waals surface area contributed by atoms with Crippen LogP contribution in [0.1, 0.15) is 28.3 Å². The predicted molar refractivity (Wildman–Crippen MR) is 112 cm³/mol. The van der Waals surface area contributed by atoms with E-state index in [1.165, 1.54) is 0 Å². The summed E-state index contributed by atoms with van der Waals surface area (Å²) in [5, 5.41) is 9.76. The lowest BCUT2D eigenvalue weighted by Gasteiger charge is -2.12. The highest BCUT2D eigenvalue weighted by Gasteiger charge is 2.14. The summed E-state index contributed by atoms with van der Waals surface area (Å²) in [6.07, 6.45) is 7.14. The third-order valence-corrected chi connectivity index (χ3v) is 4.93. The fourth-order valence-corrected chi connectivity index (χ4v) is 3.46. The monoisotopic (exact) mass is 384 g/mol. The first kappa shape index (κ1) is 18.4. The maximum absolute atomic E-state index is 9.76. The molecule has 1 N–H and O–H groups in total. The number of fused-ring (bicyclic) bond motifs is 1. The molecule has 7 nitrogen and oxygen atoms in total. The van der Waals surface area contributed by atoms with Crippen LogP contribution in [-0.2, 0) is 0 Å². The molecule has 0 aromatic carbocycles. The van der Waals surface area contributed by atoms with Crippen molar-refractivity contribution in [2.24, 2.45) is 0 Å². The minimum absolute atomic E-state index is 0.451. The number of rotatable bonds is 4. The quantitative estimate of drug-likeness (QED) is 0.534. The summed E-state index contributed by atoms with van der Waals surface area (Å²) in [5.41, 5.74) is 7.16. The van der Waals surface area contributed by atoms with Gasteiger partial charge < -0.3 is 14.3 Å². The number of allylic oxidation sites excluding steroid dienone is 1. The highest BCUT2D eigenvalue weighted by molar-refractivity contribution is 5.90. The number of hydrogen-bond donors (Lipinski definition) is 1. The summed E-state index contributed by atoms with van der Waals surface area (Å²) < 4.78 is 7.32. The highest BCUT2D eigenvalue weighted by atomic mass is 16.5. The number of nitrogens with one attached hydrogen (secondary N) is 1. The van der Waals surface area contributed by atoms with E-state index in [0.717, 1.165) is 33.7 Å². The van der Waals surface area contributed by atoms with E-state index in [9.17, 15) is 5.26 Å². The van der Waals surface area contributed by atoms with Gasteiger partial charge in [-0.25, -0.2) is 9.97 Å². The number of pyridine rings is 2. The average molecular weight is 384 g/mol. The highest BCUT2D eigenvalue weighted by Crippen LogP contribution is 2.26. The SMILES string of the molecule is COc1cc2nc(C(C#N)=Cc3cc(C)n(-c4ccncc4C)c3C)[nH]c2cn1. The van der Waals surface area contributed by atoms with Crippen LogP contribution in [0.25, 0.3) is 28.4 Å². The van der Waals surface area contributed by atoms with E-state index in [1.54, 1.807) is 25.6 Å². The van der Waals surface area contributed by atoms with Gasteiger partial charge in [-0.05, 0) is 50.1 Å². The zero-order valence-electron chi connectivity index (χ0n) is 16.7. The zero-order valence-corrected chi connectivity index (χ0v) is 16.7. The van der Waals surface area contributed by atoms with Crippen LogP contribution in [0.3, 0.4) is 0 Å². The maximum atomic E-state index is 9.76. The topological polar surface area (TPSA) is 92.4 Å². The Labute approximate surface area is 168 Å². The minimum atomic E-state index is 0.451. The van der Waals surface area contributed by atoms with Crippen molar-refractivity contribution in [3.8, 4) is 17.6 Å². The number of aryl methyl sites for hydroxylation is 2. The lowest BCUT2D eigenvalue weighted by atomic mass is 10.1. The van der Waals surface area contributed by atoms with E-state index in [-0.39, 0.29) is 0 Å². The number of aromatic amines is 1. The van der Waals surface area contributed by atoms with Crippen molar-refractivity contribution in [2.45, 2.75) is 20.8 Å². The van der Waals surface area contributed by atoms with Gasteiger partial charge in [0.05, 0.1) is 35.6 Å². The number of imidazole rings is 1. The molecule has 0 atom stereocenters. The molecule has 0 unspecified atom stereocenters. The lowest BCUT2D eigenvalue weighted by Crippen LogP contribution is -2.01. The first-order chi connectivity index (χ1) is 14.0. The molecule has 0 aliphatic rings. The van der Waals surface area contributed by atoms with Crippen LogP contribution in [0.15, 0.2) is 36.8 Å². The maximum Gasteiger partial charge on any atom is 0.215 e. The van der Waals surface area contributed by atoms with E-state index in [4.69, 9.17) is 4.74 Å². The molecule has 0 amide bonds. The molecule has 7 heteroatoms. The van der Waals surface area contributed by atoms with Crippen LogP contribution >= 0.6 is 0 Å². The van der Waals surface area contributed by atoms with Gasteiger partial charge in [-0.3, -0.25) is 4.98 Å². The standard InChI is InChI=1S/C22H20N6O/c1-13-11-24-6-5-20(13)28-14(2)7-16(15(28)3)8-17(10-23)22-26-18-9-21(29-4)25-12-19(18)27-22/h5-9,11-12H,1-4H3,(H,26,27). The lowest BCUT2D eigenvalue weighted by molar-refractivity contribution is 0.398. The van der Waals surface area contributed by atoms with Crippen molar-refractivity contribution >= 4 is 22.7 Å². The molecule has 0 fully saturated rings. The average Bonchev–Trinajstić information content (AvgIpc) is 3.26. The third-order valence-electron chi connectivity index (χ3n) is 4.93. The molecule has 0 bridgehead atoms. The number of methoxy groups -OCH3 is 1. The molecule has 29 heavy (non-hydrogen) atoms. The fraction of sp³-hybridized carbons (Fsp3) is 0.182. The van der Waals surface area contributed by atoms with Crippen molar-refractivity contribution in [3.05, 3.63) is 65.1 Å². The Hall–Kier alpha value is -3.92. The van der Waals surface area contributed by atoms with E-state index >= 15 is 0 Å². The summed E-state index contributed by atoms with van der Waals surface area (Å²) in [5.74, 6) is 0.983. The second-order valence-corrected chi connectivity index (χ2v) is 6.82. The van der Waals surface area contributed by atoms with E-state index < -0.39 is 0 Å². The predicted octanol–water partition coefficient (Wildman–Crippen LogP) is 4.14. The van der Waals surface area contributed by atoms with Crippen molar-refractivity contribution < 1.29 is 4.74 Å². The van der Waals surface area contributed by atoms with Crippen molar-refractivity contribution in [2.75, 3.05) is 7.11 Å². The number of ether oxygens (including phenoxy) is 1. The van der Waals surface area contributed by atoms with Crippen molar-refractivity contribution in [1.82, 2.24) is 24.5 Å². The Morgan fingerprint density at radius 3 is 2.79 bits per heavy atom. The van der Waals surface area contributed by atoms with Crippen LogP contribution in [0, 0.1) is 32.1 Å². The Balaban J connectivity index is 1.80. The second-order valence-electron chi connectivity index (χ2n) is 6.82. The molecule has 0 saturated heterocycles. The van der Waals surface area contributed by atoms with E-state index in [1.807, 2.05) is 32.2 Å². The Morgan fingerprint density at radius 1 is 1.24 bits per heavy atom. The van der Waals surface area contributed by atoms with Gasteiger partial charge in [-0.1, -0.05) is 0 Å². The van der Waals surface area contributed by atoms with Gasteiger partial charge in [-0.2, -0.15) is 5.26 Å². The first-order valence-corrected chi connectivity index (χ1v) is 9.13. The summed E-state index contributed by atoms with van der Waals surface area (Å²) in [7, 11) is 1.56. The van der Waals surface area contributed by atoms with Gasteiger partial charge in [0.2, 0.25) is 5.88 Å². The van der Waals surface area contributed by atoms with Gasteiger partial charge in [0.1, 0.15) is 11.9 Å². The summed E-state index contributed by atoms with van der Waals surface area (Å²) >= 11 is 0. The van der Waals surface area contributed by atoms with E-state index in [2.05, 4.69) is 43.6 Å². The molecule has 0 spiro atoms. The second kappa shape index (κ2) is 7.24. The van der Waals surface area contributed by atoms with Gasteiger partial charge in [0.25, 0.3) is 0 Å². The molecule has 4 aromatic heterocycles. The third kappa shape index (κ3) is 3.25. The Morgan fingerprint density at radius 2 is 2.07 bits per heavy atom. The summed E-state index contributed by atoms with van der Waals surface area (Å²) in [6.45, 7) is 6.13. The van der Waals surface area contributed by atoms with Crippen LogP contribution in [0.2, 0.25) is 0 Å². The molecule has 0 radical (unpaired) electrons. The number of H-pyrrole nitrogens is 1. The van der Waals surface area contributed by atoms with Gasteiger partial charge >= 0.3 is 0 Å². The molecule has 0 saturated carbocycles. The van der Waals surface area contributed by atoms with Gasteiger partial charge in [0, 0.05) is 29.8 Å². The van der Waals surface area contributed by atoms with Crippen molar-refractivity contribution in [3.63, 3.8) is 0 Å². The number of nitrogens with zero attached hydrogens (tertiary/aromatic N) is 5. The summed E-state index contributed by atoms with van der Waals surface area (Å²) in [6, 6.07) is 8.06. The normalized spacial score (nSPS) is 11.6. The van der Waals surface area contributed by atoms with Crippen LogP contribution < -0.4 is 4.74 Å². The smallest absolute Gasteiger partial charge is 0.215 e. The zero-order chi connectivity index (χ0) is 20.5. The van der Waals surface area contributed by atoms with Gasteiger partial charge in [0.15, 0.2) is 0 Å².